The zero-order valence-electron chi connectivity index (χ0n) is 5.03. The molecule has 0 spiro atoms. The minimum atomic E-state index is -1.80. The summed E-state index contributed by atoms with van der Waals surface area (Å²) < 4.78 is 11.6. The molecule has 10 heavy (non-hydrogen) atoms. The number of carboxylic acid groups (broad SMARTS) is 1. The molecule has 1 rings (SSSR count). The Kier molecular flexibility index (Phi) is 3.12. The normalized spacial score (nSPS) is 13.6. The Labute approximate surface area is 67.8 Å². The summed E-state index contributed by atoms with van der Waals surface area (Å²) in [6, 6.07) is 0. The zero-order valence-corrected chi connectivity index (χ0v) is 5.03. The van der Waals surface area contributed by atoms with E-state index in [0.29, 0.717) is 0 Å². The van der Waals surface area contributed by atoms with Gasteiger partial charge in [-0.25, -0.2) is 4.79 Å². The van der Waals surface area contributed by atoms with Gasteiger partial charge in [-0.15, -0.1) is 0 Å². The molecular weight excluding hydrogens is 138 g/mol. The smallest absolute Gasteiger partial charge is 0.531 e. The van der Waals surface area contributed by atoms with Gasteiger partial charge in [0.05, 0.1) is 0 Å². The van der Waals surface area contributed by atoms with Crippen molar-refractivity contribution < 1.29 is 47.5 Å². The van der Waals surface area contributed by atoms with Gasteiger partial charge in [-0.2, -0.15) is 0 Å². The molecule has 0 radical (unpaired) electrons. The number of carbonyl (C=O) groups excluding carboxylic acids is 2. The Morgan fingerprint density at radius 1 is 1.60 bits per heavy atom. The van der Waals surface area contributed by atoms with Crippen LogP contribution in [0.15, 0.2) is 0 Å². The maximum absolute atomic E-state index is 9.75. The first-order valence-corrected chi connectivity index (χ1v) is 1.93. The zero-order chi connectivity index (χ0) is 6.85. The predicted molar refractivity (Wildman–Crippen MR) is 19.8 cm³/mol. The number of hydrogen-bond donors (Lipinski definition) is 0. The van der Waals surface area contributed by atoms with E-state index in [4.69, 9.17) is 0 Å². The van der Waals surface area contributed by atoms with Crippen molar-refractivity contribution in [1.29, 1.82) is 0 Å². The monoisotopic (exact) mass is 138 g/mol. The van der Waals surface area contributed by atoms with Gasteiger partial charge in [0.25, 0.3) is 0 Å². The summed E-state index contributed by atoms with van der Waals surface area (Å²) in [5.41, 5.74) is 0. The van der Waals surface area contributed by atoms with Gasteiger partial charge in [-0.1, -0.05) is 0 Å². The molecule has 0 aromatic heterocycles. The van der Waals surface area contributed by atoms with E-state index in [9.17, 15) is 14.7 Å². The minimum Gasteiger partial charge on any atom is -0.531 e. The predicted octanol–water partition coefficient (Wildman–Crippen LogP) is -4.50. The molecule has 0 atom stereocenters. The molecule has 6 nitrogen and oxygen atoms in total. The minimum absolute atomic E-state index is 0. The molecule has 0 N–H and O–H groups in total. The molecule has 0 unspecified atom stereocenters. The van der Waals surface area contributed by atoms with Crippen LogP contribution in [0.2, 0.25) is 0 Å². The van der Waals surface area contributed by atoms with Crippen molar-refractivity contribution in [1.82, 2.24) is 0 Å². The first kappa shape index (κ1) is 9.20. The van der Waals surface area contributed by atoms with Gasteiger partial charge in [0.2, 0.25) is 6.16 Å². The van der Waals surface area contributed by atoms with Gasteiger partial charge in [0, 0.05) is 0 Å². The van der Waals surface area contributed by atoms with Crippen molar-refractivity contribution in [2.24, 2.45) is 0 Å². The molecule has 0 aromatic rings. The van der Waals surface area contributed by atoms with E-state index in [2.05, 4.69) is 14.0 Å². The van der Waals surface area contributed by atoms with Gasteiger partial charge < -0.3 is 23.9 Å². The largest absolute Gasteiger partial charge is 1.00 e. The SMILES string of the molecule is O=C([O-])OB1OC(=O)O1.[Li+]. The summed E-state index contributed by atoms with van der Waals surface area (Å²) in [6.07, 6.45) is -2.76. The summed E-state index contributed by atoms with van der Waals surface area (Å²) in [4.78, 5) is 19.3. The van der Waals surface area contributed by atoms with E-state index in [1.54, 1.807) is 0 Å². The maximum atomic E-state index is 9.75. The standard InChI is InChI=1S/C2HBO6.Li/c4-1(5)7-3-8-2(6)9-3;/h(H,4,5);/q;+1/p-1. The van der Waals surface area contributed by atoms with Crippen LogP contribution in [0.4, 0.5) is 9.59 Å². The van der Waals surface area contributed by atoms with E-state index in [-0.39, 0.29) is 18.9 Å². The second-order valence-electron chi connectivity index (χ2n) is 1.14. The van der Waals surface area contributed by atoms with Crippen LogP contribution in [0.5, 0.6) is 0 Å². The van der Waals surface area contributed by atoms with Crippen molar-refractivity contribution >= 4 is 19.6 Å². The van der Waals surface area contributed by atoms with Crippen LogP contribution in [-0.2, 0) is 14.0 Å². The van der Waals surface area contributed by atoms with E-state index in [0.717, 1.165) is 0 Å². The van der Waals surface area contributed by atoms with E-state index in [1.807, 2.05) is 0 Å². The van der Waals surface area contributed by atoms with Crippen molar-refractivity contribution in [3.63, 3.8) is 0 Å². The first-order valence-electron chi connectivity index (χ1n) is 1.93. The van der Waals surface area contributed by atoms with Crippen LogP contribution in [0, 0.1) is 0 Å². The van der Waals surface area contributed by atoms with E-state index < -0.39 is 19.6 Å². The van der Waals surface area contributed by atoms with Gasteiger partial charge in [-0.05, 0) is 0 Å². The van der Waals surface area contributed by atoms with Crippen LogP contribution in [0.25, 0.3) is 0 Å². The summed E-state index contributed by atoms with van der Waals surface area (Å²) >= 11 is 0. The van der Waals surface area contributed by atoms with Gasteiger partial charge in [-0.3, -0.25) is 0 Å². The maximum Gasteiger partial charge on any atom is 1.00 e. The number of carbonyl (C=O) groups is 2. The van der Waals surface area contributed by atoms with E-state index >= 15 is 0 Å². The second-order valence-corrected chi connectivity index (χ2v) is 1.14. The third-order valence-electron chi connectivity index (χ3n) is 0.577. The fraction of sp³-hybridized carbons (Fsp3) is 0. The summed E-state index contributed by atoms with van der Waals surface area (Å²) in [6.45, 7) is 0. The molecule has 1 heterocycles. The molecule has 1 aliphatic rings. The van der Waals surface area contributed by atoms with Crippen LogP contribution in [0.1, 0.15) is 0 Å². The number of rotatable bonds is 1. The van der Waals surface area contributed by atoms with E-state index in [1.165, 1.54) is 0 Å². The van der Waals surface area contributed by atoms with Crippen LogP contribution < -0.4 is 24.0 Å². The summed E-state index contributed by atoms with van der Waals surface area (Å²) in [5.74, 6) is 0. The third kappa shape index (κ3) is 2.21. The topological polar surface area (TPSA) is 84.9 Å². The average molecular weight is 138 g/mol. The summed E-state index contributed by atoms with van der Waals surface area (Å²) in [7, 11) is -1.43. The van der Waals surface area contributed by atoms with Crippen molar-refractivity contribution in [2.45, 2.75) is 0 Å². The van der Waals surface area contributed by atoms with Gasteiger partial charge >= 0.3 is 32.3 Å². The van der Waals surface area contributed by atoms with Gasteiger partial charge in [0.15, 0.2) is 0 Å². The van der Waals surface area contributed by atoms with Crippen molar-refractivity contribution in [2.75, 3.05) is 0 Å². The molecule has 48 valence electrons. The Morgan fingerprint density at radius 2 is 2.10 bits per heavy atom. The Morgan fingerprint density at radius 3 is 2.40 bits per heavy atom. The molecule has 8 heteroatoms. The van der Waals surface area contributed by atoms with Gasteiger partial charge in [0.1, 0.15) is 0 Å². The van der Waals surface area contributed by atoms with Crippen LogP contribution in [0.3, 0.4) is 0 Å². The molecule has 0 aromatic carbocycles. The average Bonchev–Trinajstić information content (AvgIpc) is 1.60. The second kappa shape index (κ2) is 3.39. The summed E-state index contributed by atoms with van der Waals surface area (Å²) in [5, 5.41) is 9.50. The quantitative estimate of drug-likeness (QED) is 0.339. The Hall–Kier alpha value is -0.798. The molecule has 1 saturated heterocycles. The molecule has 0 bridgehead atoms. The first-order chi connectivity index (χ1) is 4.18. The molecule has 1 aliphatic heterocycles. The molecule has 0 aliphatic carbocycles. The van der Waals surface area contributed by atoms with Crippen molar-refractivity contribution in [3.8, 4) is 0 Å². The fourth-order valence-corrected chi connectivity index (χ4v) is 0.293. The number of hydrogen-bond acceptors (Lipinski definition) is 6. The Balaban J connectivity index is 0.000000810. The molecule has 0 saturated carbocycles. The van der Waals surface area contributed by atoms with Crippen molar-refractivity contribution in [3.05, 3.63) is 0 Å². The van der Waals surface area contributed by atoms with Crippen LogP contribution >= 0.6 is 0 Å². The Bertz CT molecular complexity index is 150. The fourth-order valence-electron chi connectivity index (χ4n) is 0.293. The molecule has 0 amide bonds. The molecule has 1 fully saturated rings. The van der Waals surface area contributed by atoms with Crippen LogP contribution in [-0.4, -0.2) is 19.6 Å². The third-order valence-corrected chi connectivity index (χ3v) is 0.577. The molecular formula is C2BLiO6.